The van der Waals surface area contributed by atoms with E-state index in [2.05, 4.69) is 0 Å². The van der Waals surface area contributed by atoms with Crippen LogP contribution in [0.5, 0.6) is 0 Å². The van der Waals surface area contributed by atoms with E-state index < -0.39 is 23.5 Å². The average Bonchev–Trinajstić information content (AvgIpc) is 3.38. The van der Waals surface area contributed by atoms with Gasteiger partial charge in [-0.2, -0.15) is 0 Å². The van der Waals surface area contributed by atoms with Crippen LogP contribution < -0.4 is 0 Å². The first kappa shape index (κ1) is 15.9. The summed E-state index contributed by atoms with van der Waals surface area (Å²) in [6.45, 7) is 1.75. The smallest absolute Gasteiger partial charge is 0.308 e. The summed E-state index contributed by atoms with van der Waals surface area (Å²) in [6.07, 6.45) is 2.25. The highest BCUT2D eigenvalue weighted by Crippen LogP contribution is 2.50. The molecule has 23 heavy (non-hydrogen) atoms. The van der Waals surface area contributed by atoms with Crippen molar-refractivity contribution >= 4 is 11.9 Å². The average molecular weight is 323 g/mol. The van der Waals surface area contributed by atoms with E-state index in [1.54, 1.807) is 11.8 Å². The Balaban J connectivity index is 1.70. The number of hydrogen-bond acceptors (Lipinski definition) is 2. The van der Waals surface area contributed by atoms with Gasteiger partial charge >= 0.3 is 5.97 Å². The minimum Gasteiger partial charge on any atom is -0.481 e. The molecule has 2 fully saturated rings. The first-order valence-electron chi connectivity index (χ1n) is 7.87. The van der Waals surface area contributed by atoms with Crippen LogP contribution in [0.1, 0.15) is 37.7 Å². The summed E-state index contributed by atoms with van der Waals surface area (Å²) >= 11 is 0. The third-order valence-electron chi connectivity index (χ3n) is 4.65. The molecule has 0 radical (unpaired) electrons. The van der Waals surface area contributed by atoms with E-state index in [0.717, 1.165) is 18.9 Å². The Morgan fingerprint density at radius 1 is 1.35 bits per heavy atom. The van der Waals surface area contributed by atoms with Gasteiger partial charge in [-0.15, -0.1) is 0 Å². The van der Waals surface area contributed by atoms with E-state index >= 15 is 0 Å². The Morgan fingerprint density at radius 2 is 2.04 bits per heavy atom. The fourth-order valence-electron chi connectivity index (χ4n) is 3.01. The number of carboxylic acid groups (broad SMARTS) is 1. The van der Waals surface area contributed by atoms with Crippen molar-refractivity contribution in [3.05, 3.63) is 35.4 Å². The van der Waals surface area contributed by atoms with Gasteiger partial charge in [0.05, 0.1) is 5.92 Å². The maximum absolute atomic E-state index is 13.8. The van der Waals surface area contributed by atoms with Crippen molar-refractivity contribution in [3.63, 3.8) is 0 Å². The van der Waals surface area contributed by atoms with Crippen molar-refractivity contribution in [2.24, 2.45) is 11.8 Å². The van der Waals surface area contributed by atoms with Gasteiger partial charge in [-0.05, 0) is 36.8 Å². The molecule has 0 bridgehead atoms. The van der Waals surface area contributed by atoms with Crippen molar-refractivity contribution in [3.8, 4) is 0 Å². The molecule has 6 heteroatoms. The van der Waals surface area contributed by atoms with Gasteiger partial charge < -0.3 is 10.0 Å². The number of nitrogens with zero attached hydrogens (tertiary/aromatic N) is 1. The van der Waals surface area contributed by atoms with Gasteiger partial charge in [-0.1, -0.05) is 19.1 Å². The Kier molecular flexibility index (Phi) is 4.08. The number of amides is 1. The molecule has 124 valence electrons. The van der Waals surface area contributed by atoms with Gasteiger partial charge in [0.1, 0.15) is 0 Å². The molecule has 0 unspecified atom stereocenters. The van der Waals surface area contributed by atoms with Gasteiger partial charge in [0, 0.05) is 18.5 Å². The second kappa shape index (κ2) is 5.91. The van der Waals surface area contributed by atoms with Crippen LogP contribution in [0, 0.1) is 23.5 Å². The standard InChI is InChI=1S/C17H19F2NO3/c1-9(17(22)23)8-20(10-5-6-10)16(21)13-7-12(13)11-3-2-4-14(18)15(11)19/h2-4,9-10,12-13H,5-8H2,1H3,(H,22,23)/t9-,12-,13-/m1/s1. The zero-order valence-electron chi connectivity index (χ0n) is 12.8. The normalized spacial score (nSPS) is 24.1. The number of carbonyl (C=O) groups excluding carboxylic acids is 1. The zero-order chi connectivity index (χ0) is 16.7. The van der Waals surface area contributed by atoms with E-state index in [4.69, 9.17) is 5.11 Å². The predicted octanol–water partition coefficient (Wildman–Crippen LogP) is 2.78. The lowest BCUT2D eigenvalue weighted by atomic mass is 10.1. The van der Waals surface area contributed by atoms with Crippen LogP contribution in [0.25, 0.3) is 0 Å². The molecule has 1 N–H and O–H groups in total. The van der Waals surface area contributed by atoms with Gasteiger partial charge in [0.25, 0.3) is 0 Å². The van der Waals surface area contributed by atoms with Gasteiger partial charge in [-0.3, -0.25) is 9.59 Å². The number of halogens is 2. The van der Waals surface area contributed by atoms with Crippen LogP contribution in [0.15, 0.2) is 18.2 Å². The number of rotatable bonds is 6. The molecular weight excluding hydrogens is 304 g/mol. The molecule has 1 amide bonds. The molecule has 3 atom stereocenters. The van der Waals surface area contributed by atoms with Crippen molar-refractivity contribution in [1.29, 1.82) is 0 Å². The molecule has 0 aliphatic heterocycles. The van der Waals surface area contributed by atoms with Crippen LogP contribution >= 0.6 is 0 Å². The second-order valence-electron chi connectivity index (χ2n) is 6.55. The molecule has 0 spiro atoms. The number of hydrogen-bond donors (Lipinski definition) is 1. The molecule has 3 rings (SSSR count). The second-order valence-corrected chi connectivity index (χ2v) is 6.55. The monoisotopic (exact) mass is 323 g/mol. The van der Waals surface area contributed by atoms with Crippen molar-refractivity contribution in [2.75, 3.05) is 6.54 Å². The highest BCUT2D eigenvalue weighted by atomic mass is 19.2. The summed E-state index contributed by atoms with van der Waals surface area (Å²) in [5, 5.41) is 9.04. The number of aliphatic carboxylic acids is 1. The SMILES string of the molecule is C[C@H](CN(C(=O)[C@@H]1C[C@@H]1c1cccc(F)c1F)C1CC1)C(=O)O. The van der Waals surface area contributed by atoms with Gasteiger partial charge in [0.2, 0.25) is 5.91 Å². The predicted molar refractivity (Wildman–Crippen MR) is 78.7 cm³/mol. The maximum atomic E-state index is 13.8. The van der Waals surface area contributed by atoms with Crippen molar-refractivity contribution < 1.29 is 23.5 Å². The minimum absolute atomic E-state index is 0.0999. The topological polar surface area (TPSA) is 57.6 Å². The minimum atomic E-state index is -0.938. The summed E-state index contributed by atoms with van der Waals surface area (Å²) in [7, 11) is 0. The fourth-order valence-corrected chi connectivity index (χ4v) is 3.01. The molecule has 1 aromatic carbocycles. The lowest BCUT2D eigenvalue weighted by Crippen LogP contribution is -2.39. The molecule has 1 aromatic rings. The Labute approximate surface area is 133 Å². The molecule has 0 heterocycles. The van der Waals surface area contributed by atoms with Crippen molar-refractivity contribution in [2.45, 2.75) is 38.1 Å². The third-order valence-corrected chi connectivity index (χ3v) is 4.65. The first-order chi connectivity index (χ1) is 10.9. The molecule has 2 aliphatic rings. The summed E-state index contributed by atoms with van der Waals surface area (Å²) in [6, 6.07) is 4.11. The van der Waals surface area contributed by atoms with E-state index in [1.807, 2.05) is 0 Å². The lowest BCUT2D eigenvalue weighted by Gasteiger charge is -2.24. The third kappa shape index (κ3) is 3.21. The number of benzene rings is 1. The van der Waals surface area contributed by atoms with Crippen LogP contribution in [0.3, 0.4) is 0 Å². The molecule has 0 saturated heterocycles. The molecule has 2 saturated carbocycles. The number of carboxylic acids is 1. The van der Waals surface area contributed by atoms with Crippen LogP contribution in [-0.2, 0) is 9.59 Å². The highest BCUT2D eigenvalue weighted by Gasteiger charge is 2.49. The van der Waals surface area contributed by atoms with Gasteiger partial charge in [0.15, 0.2) is 11.6 Å². The van der Waals surface area contributed by atoms with E-state index in [1.165, 1.54) is 12.1 Å². The Bertz CT molecular complexity index is 645. The molecule has 2 aliphatic carbocycles. The lowest BCUT2D eigenvalue weighted by molar-refractivity contribution is -0.143. The van der Waals surface area contributed by atoms with Crippen LogP contribution in [0.2, 0.25) is 0 Å². The van der Waals surface area contributed by atoms with Crippen molar-refractivity contribution in [1.82, 2.24) is 4.90 Å². The van der Waals surface area contributed by atoms with Gasteiger partial charge in [-0.25, -0.2) is 8.78 Å². The summed E-state index contributed by atoms with van der Waals surface area (Å²) in [5.41, 5.74) is 0.241. The van der Waals surface area contributed by atoms with E-state index in [-0.39, 0.29) is 35.9 Å². The summed E-state index contributed by atoms with van der Waals surface area (Å²) in [4.78, 5) is 25.3. The van der Waals surface area contributed by atoms with E-state index in [0.29, 0.717) is 6.42 Å². The Morgan fingerprint density at radius 3 is 2.65 bits per heavy atom. The quantitative estimate of drug-likeness (QED) is 0.876. The molecule has 0 aromatic heterocycles. The zero-order valence-corrected chi connectivity index (χ0v) is 12.8. The fraction of sp³-hybridized carbons (Fsp3) is 0.529. The molecule has 4 nitrogen and oxygen atoms in total. The van der Waals surface area contributed by atoms with E-state index in [9.17, 15) is 18.4 Å². The molecular formula is C17H19F2NO3. The maximum Gasteiger partial charge on any atom is 0.308 e. The number of carbonyl (C=O) groups is 2. The highest BCUT2D eigenvalue weighted by molar-refractivity contribution is 5.84. The largest absolute Gasteiger partial charge is 0.481 e. The van der Waals surface area contributed by atoms with Crippen LogP contribution in [-0.4, -0.2) is 34.5 Å². The first-order valence-corrected chi connectivity index (χ1v) is 7.87. The summed E-state index contributed by atoms with van der Waals surface area (Å²) in [5.74, 6) is -4.17. The van der Waals surface area contributed by atoms with Crippen LogP contribution in [0.4, 0.5) is 8.78 Å². The Hall–Kier alpha value is -1.98. The summed E-state index contributed by atoms with van der Waals surface area (Å²) < 4.78 is 27.2.